The van der Waals surface area contributed by atoms with Crippen molar-refractivity contribution in [3.8, 4) is 6.07 Å². The van der Waals surface area contributed by atoms with Crippen molar-refractivity contribution in [2.45, 2.75) is 76.5 Å². The molecule has 1 saturated heterocycles. The van der Waals surface area contributed by atoms with Gasteiger partial charge in [0, 0.05) is 12.5 Å². The van der Waals surface area contributed by atoms with Crippen LogP contribution in [-0.2, 0) is 33.6 Å². The molecule has 3 amide bonds. The van der Waals surface area contributed by atoms with Gasteiger partial charge < -0.3 is 15.5 Å². The molecule has 1 aliphatic heterocycles. The van der Waals surface area contributed by atoms with E-state index in [9.17, 15) is 28.4 Å². The van der Waals surface area contributed by atoms with Crippen LogP contribution in [0.5, 0.6) is 0 Å². The Labute approximate surface area is 239 Å². The second kappa shape index (κ2) is 11.4. The minimum atomic E-state index is -1.64. The van der Waals surface area contributed by atoms with Gasteiger partial charge >= 0.3 is 0 Å². The summed E-state index contributed by atoms with van der Waals surface area (Å²) >= 11 is 0. The molecule has 7 nitrogen and oxygen atoms in total. The second-order valence-electron chi connectivity index (χ2n) is 11.6. The number of halogens is 2. The zero-order valence-electron chi connectivity index (χ0n) is 23.8. The number of rotatable bonds is 9. The number of fused-ring (bicyclic) bond motifs is 1. The number of benzene rings is 2. The van der Waals surface area contributed by atoms with Crippen LogP contribution in [0.2, 0.25) is 0 Å². The Bertz CT molecular complexity index is 1390. The summed E-state index contributed by atoms with van der Waals surface area (Å²) in [6.07, 6.45) is 2.63. The van der Waals surface area contributed by atoms with E-state index in [2.05, 4.69) is 17.2 Å². The zero-order valence-corrected chi connectivity index (χ0v) is 23.8. The summed E-state index contributed by atoms with van der Waals surface area (Å²) in [4.78, 5) is 43.9. The maximum Gasteiger partial charge on any atom is 0.250 e. The fourth-order valence-electron chi connectivity index (χ4n) is 6.10. The number of nitriles is 1. The van der Waals surface area contributed by atoms with Crippen molar-refractivity contribution in [2.24, 2.45) is 11.8 Å². The Morgan fingerprint density at radius 3 is 2.41 bits per heavy atom. The number of hydrogen-bond acceptors (Lipinski definition) is 4. The van der Waals surface area contributed by atoms with Gasteiger partial charge in [0.2, 0.25) is 11.8 Å². The molecule has 2 N–H and O–H groups in total. The molecule has 41 heavy (non-hydrogen) atoms. The molecule has 1 heterocycles. The molecule has 0 radical (unpaired) electrons. The predicted octanol–water partition coefficient (Wildman–Crippen LogP) is 4.01. The number of nitrogens with zero attached hydrogens (tertiary/aromatic N) is 2. The molecule has 4 rings (SSSR count). The van der Waals surface area contributed by atoms with Crippen molar-refractivity contribution >= 4 is 17.7 Å². The van der Waals surface area contributed by atoms with Gasteiger partial charge in [0.25, 0.3) is 5.91 Å². The van der Waals surface area contributed by atoms with Crippen LogP contribution in [-0.4, -0.2) is 45.8 Å². The largest absolute Gasteiger partial charge is 0.342 e. The minimum absolute atomic E-state index is 0.00738. The summed E-state index contributed by atoms with van der Waals surface area (Å²) in [6, 6.07) is 10.5. The van der Waals surface area contributed by atoms with E-state index in [0.717, 1.165) is 17.2 Å². The Morgan fingerprint density at radius 2 is 1.88 bits per heavy atom. The van der Waals surface area contributed by atoms with Gasteiger partial charge in [-0.2, -0.15) is 5.26 Å². The van der Waals surface area contributed by atoms with Gasteiger partial charge in [0.15, 0.2) is 0 Å². The van der Waals surface area contributed by atoms with Gasteiger partial charge in [-0.05, 0) is 61.3 Å². The molecule has 0 bridgehead atoms. The molecule has 0 spiro atoms. The maximum absolute atomic E-state index is 15.0. The number of carbonyl (C=O) groups is 3. The van der Waals surface area contributed by atoms with Crippen molar-refractivity contribution in [3.63, 3.8) is 0 Å². The Hall–Kier alpha value is -4.06. The normalized spacial score (nSPS) is 22.4. The first-order valence-electron chi connectivity index (χ1n) is 13.9. The van der Waals surface area contributed by atoms with Gasteiger partial charge in [-0.25, -0.2) is 8.78 Å². The summed E-state index contributed by atoms with van der Waals surface area (Å²) in [7, 11) is 0. The highest BCUT2D eigenvalue weighted by Gasteiger charge is 2.58. The molecule has 2 aromatic carbocycles. The Balaban J connectivity index is 1.85. The topological polar surface area (TPSA) is 102 Å². The number of amides is 3. The Kier molecular flexibility index (Phi) is 8.34. The van der Waals surface area contributed by atoms with Crippen LogP contribution >= 0.6 is 0 Å². The summed E-state index contributed by atoms with van der Waals surface area (Å²) in [5, 5.41) is 15.2. The van der Waals surface area contributed by atoms with Crippen molar-refractivity contribution < 1.29 is 23.2 Å². The molecule has 1 aliphatic carbocycles. The van der Waals surface area contributed by atoms with E-state index in [4.69, 9.17) is 0 Å². The lowest BCUT2D eigenvalue weighted by Crippen LogP contribution is -2.77. The third-order valence-electron chi connectivity index (χ3n) is 8.54. The van der Waals surface area contributed by atoms with Crippen LogP contribution in [0.4, 0.5) is 8.78 Å². The molecule has 4 atom stereocenters. The quantitative estimate of drug-likeness (QED) is 0.451. The van der Waals surface area contributed by atoms with Crippen molar-refractivity contribution in [3.05, 3.63) is 83.4 Å². The van der Waals surface area contributed by atoms with E-state index in [1.807, 2.05) is 37.3 Å². The molecular formula is C32H36F2N4O3. The van der Waals surface area contributed by atoms with Gasteiger partial charge in [-0.3, -0.25) is 14.4 Å². The van der Waals surface area contributed by atoms with Gasteiger partial charge in [0.05, 0.1) is 6.07 Å². The van der Waals surface area contributed by atoms with E-state index in [0.29, 0.717) is 25.3 Å². The SMILES string of the molecule is C=CC1(C(C)CC)C(=O)N[C@H](C2Cc3ccccc3C2)C(=O)N1C(Cc1ccc(F)cc1F)C(=O)NC(C)(C)C#N. The van der Waals surface area contributed by atoms with Crippen molar-refractivity contribution in [2.75, 3.05) is 0 Å². The third kappa shape index (κ3) is 5.48. The van der Waals surface area contributed by atoms with Crippen LogP contribution in [0, 0.1) is 34.8 Å². The Morgan fingerprint density at radius 1 is 1.24 bits per heavy atom. The second-order valence-corrected chi connectivity index (χ2v) is 11.6. The van der Waals surface area contributed by atoms with E-state index >= 15 is 0 Å². The molecule has 1 fully saturated rings. The molecule has 2 aromatic rings. The van der Waals surface area contributed by atoms with Crippen LogP contribution in [0.15, 0.2) is 55.1 Å². The fourth-order valence-corrected chi connectivity index (χ4v) is 6.10. The van der Waals surface area contributed by atoms with E-state index < -0.39 is 58.4 Å². The molecule has 9 heteroatoms. The zero-order chi connectivity index (χ0) is 30.1. The first kappa shape index (κ1) is 29.9. The third-order valence-corrected chi connectivity index (χ3v) is 8.54. The molecule has 0 aromatic heterocycles. The summed E-state index contributed by atoms with van der Waals surface area (Å²) in [6.45, 7) is 10.6. The molecular weight excluding hydrogens is 526 g/mol. The van der Waals surface area contributed by atoms with Gasteiger partial charge in [0.1, 0.15) is 34.8 Å². The fraction of sp³-hybridized carbons (Fsp3) is 0.438. The lowest BCUT2D eigenvalue weighted by atomic mass is 9.75. The van der Waals surface area contributed by atoms with E-state index in [1.165, 1.54) is 30.9 Å². The highest BCUT2D eigenvalue weighted by molar-refractivity contribution is 6.04. The maximum atomic E-state index is 15.0. The highest BCUT2D eigenvalue weighted by atomic mass is 19.1. The molecule has 0 saturated carbocycles. The van der Waals surface area contributed by atoms with Gasteiger partial charge in [-0.1, -0.05) is 56.7 Å². The molecule has 3 unspecified atom stereocenters. The lowest BCUT2D eigenvalue weighted by Gasteiger charge is -2.53. The standard InChI is InChI=1S/C32H36F2N4O3/c1-6-19(3)32(7-2)30(41)36-27(23-14-20-10-8-9-11-21(20)15-23)29(40)38(32)26(28(39)37-31(4,5)18-35)16-22-12-13-24(33)17-25(22)34/h7-13,17,19,23,26-27H,2,6,14-16H2,1,3-5H3,(H,36,41)(H,37,39)/t19?,26?,27-,32?/m1/s1. The minimum Gasteiger partial charge on any atom is -0.342 e. The van der Waals surface area contributed by atoms with Crippen molar-refractivity contribution in [1.82, 2.24) is 15.5 Å². The number of hydrogen-bond donors (Lipinski definition) is 2. The van der Waals surface area contributed by atoms with Crippen LogP contribution in [0.3, 0.4) is 0 Å². The summed E-state index contributed by atoms with van der Waals surface area (Å²) in [5.74, 6) is -4.08. The predicted molar refractivity (Wildman–Crippen MR) is 150 cm³/mol. The lowest BCUT2D eigenvalue weighted by molar-refractivity contribution is -0.165. The van der Waals surface area contributed by atoms with Crippen LogP contribution in [0.1, 0.15) is 50.8 Å². The average Bonchev–Trinajstić information content (AvgIpc) is 3.37. The van der Waals surface area contributed by atoms with E-state index in [-0.39, 0.29) is 17.9 Å². The highest BCUT2D eigenvalue weighted by Crippen LogP contribution is 2.39. The molecule has 2 aliphatic rings. The smallest absolute Gasteiger partial charge is 0.250 e. The first-order valence-corrected chi connectivity index (χ1v) is 13.9. The monoisotopic (exact) mass is 562 g/mol. The molecule has 216 valence electrons. The number of nitrogens with one attached hydrogen (secondary N) is 2. The van der Waals surface area contributed by atoms with Crippen LogP contribution in [0.25, 0.3) is 0 Å². The summed E-state index contributed by atoms with van der Waals surface area (Å²) < 4.78 is 28.7. The van der Waals surface area contributed by atoms with Crippen molar-refractivity contribution in [1.29, 1.82) is 5.26 Å². The number of carbonyl (C=O) groups excluding carboxylic acids is 3. The van der Waals surface area contributed by atoms with Crippen LogP contribution < -0.4 is 10.6 Å². The van der Waals surface area contributed by atoms with Gasteiger partial charge in [-0.15, -0.1) is 6.58 Å². The van der Waals surface area contributed by atoms with E-state index in [1.54, 1.807) is 6.92 Å². The number of piperazine rings is 1. The average molecular weight is 563 g/mol. The summed E-state index contributed by atoms with van der Waals surface area (Å²) in [5.41, 5.74) is -0.785. The first-order chi connectivity index (χ1) is 19.4.